The zero-order valence-electron chi connectivity index (χ0n) is 16.5. The van der Waals surface area contributed by atoms with Gasteiger partial charge in [0, 0.05) is 24.2 Å². The Balaban J connectivity index is 1.57. The number of ether oxygens (including phenoxy) is 1. The van der Waals surface area contributed by atoms with E-state index < -0.39 is 0 Å². The first-order valence-corrected chi connectivity index (χ1v) is 9.83. The molecule has 3 rings (SSSR count). The Labute approximate surface area is 175 Å². The summed E-state index contributed by atoms with van der Waals surface area (Å²) in [5.41, 5.74) is 3.41. The molecule has 148 valence electrons. The molecule has 1 heterocycles. The van der Waals surface area contributed by atoms with E-state index >= 15 is 0 Å². The lowest BCUT2D eigenvalue weighted by molar-refractivity contribution is 0.340. The molecule has 0 bridgehead atoms. The number of fused-ring (bicyclic) bond motifs is 1. The van der Waals surface area contributed by atoms with Crippen LogP contribution in [0.25, 0.3) is 10.9 Å². The maximum atomic E-state index is 9.47. The quantitative estimate of drug-likeness (QED) is 0.401. The third-order valence-electron chi connectivity index (χ3n) is 4.20. The smallest absolute Gasteiger partial charge is 0.170 e. The third-order valence-corrected chi connectivity index (χ3v) is 4.44. The summed E-state index contributed by atoms with van der Waals surface area (Å²) >= 11 is 5.33. The zero-order chi connectivity index (χ0) is 20.6. The van der Waals surface area contributed by atoms with Crippen LogP contribution >= 0.6 is 12.2 Å². The van der Waals surface area contributed by atoms with Gasteiger partial charge in [0.1, 0.15) is 17.6 Å². The topological polar surface area (TPSA) is 82.0 Å². The lowest BCUT2D eigenvalue weighted by atomic mass is 10.1. The van der Waals surface area contributed by atoms with Crippen LogP contribution in [0.1, 0.15) is 18.1 Å². The highest BCUT2D eigenvalue weighted by Crippen LogP contribution is 2.24. The molecule has 0 amide bonds. The molecule has 3 N–H and O–H groups in total. The van der Waals surface area contributed by atoms with Crippen molar-refractivity contribution in [2.24, 2.45) is 0 Å². The van der Waals surface area contributed by atoms with Crippen LogP contribution in [0.4, 0.5) is 11.5 Å². The van der Waals surface area contributed by atoms with Gasteiger partial charge in [-0.2, -0.15) is 5.26 Å². The number of aromatic nitrogens is 1. The first-order chi connectivity index (χ1) is 14.1. The summed E-state index contributed by atoms with van der Waals surface area (Å²) in [7, 11) is 0. The van der Waals surface area contributed by atoms with E-state index in [0.717, 1.165) is 22.3 Å². The Morgan fingerprint density at radius 1 is 1.17 bits per heavy atom. The number of nitriles is 1. The highest BCUT2D eigenvalue weighted by Gasteiger charge is 2.08. The number of hydrogen-bond acceptors (Lipinski definition) is 5. The average Bonchev–Trinajstić information content (AvgIpc) is 2.71. The minimum Gasteiger partial charge on any atom is -0.494 e. The molecule has 0 aliphatic rings. The minimum atomic E-state index is 0.492. The Kier molecular flexibility index (Phi) is 6.82. The number of rotatable bonds is 7. The fourth-order valence-corrected chi connectivity index (χ4v) is 3.11. The van der Waals surface area contributed by atoms with Crippen LogP contribution in [0, 0.1) is 18.3 Å². The van der Waals surface area contributed by atoms with Crippen LogP contribution in [0.3, 0.4) is 0 Å². The molecule has 0 fully saturated rings. The maximum Gasteiger partial charge on any atom is 0.170 e. The monoisotopic (exact) mass is 405 g/mol. The number of hydrogen-bond donors (Lipinski definition) is 3. The summed E-state index contributed by atoms with van der Waals surface area (Å²) in [5, 5.41) is 20.4. The molecule has 0 spiro atoms. The highest BCUT2D eigenvalue weighted by atomic mass is 32.1. The Bertz CT molecular complexity index is 1060. The fraction of sp³-hybridized carbons (Fsp3) is 0.227. The summed E-state index contributed by atoms with van der Waals surface area (Å²) in [4.78, 5) is 4.58. The van der Waals surface area contributed by atoms with Crippen molar-refractivity contribution < 1.29 is 4.74 Å². The molecule has 0 aliphatic heterocycles. The van der Waals surface area contributed by atoms with E-state index in [1.165, 1.54) is 5.56 Å². The largest absolute Gasteiger partial charge is 0.494 e. The molecular formula is C22H23N5OS. The van der Waals surface area contributed by atoms with Gasteiger partial charge in [0.15, 0.2) is 5.11 Å². The maximum absolute atomic E-state index is 9.47. The fourth-order valence-electron chi connectivity index (χ4n) is 2.89. The molecule has 6 nitrogen and oxygen atoms in total. The standard InChI is InChI=1S/C22H23N5OS/c1-3-28-19-7-8-20-16(13-19)12-17(14-23)21(27-20)24-9-10-25-22(29)26-18-6-4-5-15(2)11-18/h4-8,11-13H,3,9-10H2,1-2H3,(H,24,27)(H2,25,26,29). The van der Waals surface area contributed by atoms with Crippen molar-refractivity contribution in [3.8, 4) is 11.8 Å². The second-order valence-electron chi connectivity index (χ2n) is 6.46. The van der Waals surface area contributed by atoms with Crippen LogP contribution in [-0.4, -0.2) is 29.8 Å². The molecule has 0 saturated carbocycles. The van der Waals surface area contributed by atoms with Crippen LogP contribution in [0.15, 0.2) is 48.5 Å². The summed E-state index contributed by atoms with van der Waals surface area (Å²) in [6.07, 6.45) is 0. The Morgan fingerprint density at radius 3 is 2.79 bits per heavy atom. The van der Waals surface area contributed by atoms with E-state index in [4.69, 9.17) is 17.0 Å². The molecule has 2 aromatic carbocycles. The van der Waals surface area contributed by atoms with Gasteiger partial charge in [-0.1, -0.05) is 12.1 Å². The predicted molar refractivity (Wildman–Crippen MR) is 122 cm³/mol. The molecule has 0 radical (unpaired) electrons. The molecule has 0 saturated heterocycles. The Morgan fingerprint density at radius 2 is 2.03 bits per heavy atom. The van der Waals surface area contributed by atoms with Crippen LogP contribution in [0.5, 0.6) is 5.75 Å². The van der Waals surface area contributed by atoms with Crippen LogP contribution in [-0.2, 0) is 0 Å². The van der Waals surface area contributed by atoms with E-state index in [2.05, 4.69) is 27.0 Å². The summed E-state index contributed by atoms with van der Waals surface area (Å²) in [6.45, 7) is 5.72. The molecule has 3 aromatic rings. The van der Waals surface area contributed by atoms with Crippen LogP contribution < -0.4 is 20.7 Å². The lowest BCUT2D eigenvalue weighted by Crippen LogP contribution is -2.32. The van der Waals surface area contributed by atoms with Gasteiger partial charge >= 0.3 is 0 Å². The lowest BCUT2D eigenvalue weighted by Gasteiger charge is -2.13. The molecule has 1 aromatic heterocycles. The van der Waals surface area contributed by atoms with Gasteiger partial charge in [-0.05, 0) is 68.0 Å². The Hall–Kier alpha value is -3.37. The van der Waals surface area contributed by atoms with Gasteiger partial charge in [0.25, 0.3) is 0 Å². The number of pyridine rings is 1. The summed E-state index contributed by atoms with van der Waals surface area (Å²) in [5.74, 6) is 1.33. The molecule has 0 atom stereocenters. The molecule has 7 heteroatoms. The van der Waals surface area contributed by atoms with Gasteiger partial charge in [-0.3, -0.25) is 0 Å². The second kappa shape index (κ2) is 9.71. The number of nitrogens with one attached hydrogen (secondary N) is 3. The molecule has 0 aliphatic carbocycles. The normalized spacial score (nSPS) is 10.2. The average molecular weight is 406 g/mol. The number of benzene rings is 2. The van der Waals surface area contributed by atoms with E-state index in [0.29, 0.717) is 36.2 Å². The van der Waals surface area contributed by atoms with E-state index in [1.54, 1.807) is 0 Å². The zero-order valence-corrected chi connectivity index (χ0v) is 17.3. The van der Waals surface area contributed by atoms with Gasteiger partial charge in [0.05, 0.1) is 17.7 Å². The van der Waals surface area contributed by atoms with Crippen molar-refractivity contribution in [3.05, 3.63) is 59.7 Å². The number of nitrogens with zero attached hydrogens (tertiary/aromatic N) is 2. The SMILES string of the molecule is CCOc1ccc2nc(NCCNC(=S)Nc3cccc(C)c3)c(C#N)cc2c1. The number of aryl methyl sites for hydroxylation is 1. The predicted octanol–water partition coefficient (Wildman–Crippen LogP) is 4.21. The minimum absolute atomic E-state index is 0.492. The van der Waals surface area contributed by atoms with Crippen molar-refractivity contribution in [1.29, 1.82) is 5.26 Å². The molecule has 29 heavy (non-hydrogen) atoms. The van der Waals surface area contributed by atoms with Gasteiger partial charge < -0.3 is 20.7 Å². The molecule has 0 unspecified atom stereocenters. The summed E-state index contributed by atoms with van der Waals surface area (Å²) < 4.78 is 5.52. The first kappa shape index (κ1) is 20.4. The first-order valence-electron chi connectivity index (χ1n) is 9.42. The molecular weight excluding hydrogens is 382 g/mol. The van der Waals surface area contributed by atoms with Crippen molar-refractivity contribution >= 4 is 39.7 Å². The van der Waals surface area contributed by atoms with Gasteiger partial charge in [0.2, 0.25) is 0 Å². The van der Waals surface area contributed by atoms with Gasteiger partial charge in [-0.25, -0.2) is 4.98 Å². The van der Waals surface area contributed by atoms with Crippen molar-refractivity contribution in [2.45, 2.75) is 13.8 Å². The van der Waals surface area contributed by atoms with Crippen molar-refractivity contribution in [3.63, 3.8) is 0 Å². The van der Waals surface area contributed by atoms with Crippen LogP contribution in [0.2, 0.25) is 0 Å². The third kappa shape index (κ3) is 5.56. The van der Waals surface area contributed by atoms with E-state index in [-0.39, 0.29) is 0 Å². The van der Waals surface area contributed by atoms with Crippen molar-refractivity contribution in [2.75, 3.05) is 30.3 Å². The summed E-state index contributed by atoms with van der Waals surface area (Å²) in [6, 6.07) is 17.7. The number of thiocarbonyl (C=S) groups is 1. The van der Waals surface area contributed by atoms with Gasteiger partial charge in [-0.15, -0.1) is 0 Å². The second-order valence-corrected chi connectivity index (χ2v) is 6.87. The van der Waals surface area contributed by atoms with E-state index in [1.807, 2.05) is 62.4 Å². The van der Waals surface area contributed by atoms with E-state index in [9.17, 15) is 5.26 Å². The highest BCUT2D eigenvalue weighted by molar-refractivity contribution is 7.80. The number of anilines is 2. The van der Waals surface area contributed by atoms with Crippen molar-refractivity contribution in [1.82, 2.24) is 10.3 Å².